The Balaban J connectivity index is 2.45. The number of hydrogen-bond acceptors (Lipinski definition) is 5. The fraction of sp³-hybridized carbons (Fsp3) is 0.417. The second kappa shape index (κ2) is 11.6. The molecule has 0 spiro atoms. The monoisotopic (exact) mass is 509 g/mol. The second-order valence-corrected chi connectivity index (χ2v) is 10.7. The predicted molar refractivity (Wildman–Crippen MR) is 135 cm³/mol. The largest absolute Gasteiger partial charge is 0.497 e. The van der Waals surface area contributed by atoms with Crippen molar-refractivity contribution in [3.05, 3.63) is 58.6 Å². The molecule has 2 rings (SSSR count). The minimum atomic E-state index is -3.83. The van der Waals surface area contributed by atoms with Gasteiger partial charge in [0.1, 0.15) is 18.3 Å². The van der Waals surface area contributed by atoms with Gasteiger partial charge in [0.25, 0.3) is 0 Å². The Kier molecular flexibility index (Phi) is 9.35. The molecule has 0 bridgehead atoms. The predicted octanol–water partition coefficient (Wildman–Crippen LogP) is 3.36. The number of ether oxygens (including phenoxy) is 1. The average molecular weight is 510 g/mol. The summed E-state index contributed by atoms with van der Waals surface area (Å²) in [6.07, 6.45) is 1.03. The van der Waals surface area contributed by atoms with Crippen molar-refractivity contribution in [1.29, 1.82) is 0 Å². The number of halogens is 1. The van der Waals surface area contributed by atoms with Gasteiger partial charge in [-0.25, -0.2) is 8.42 Å². The first kappa shape index (κ1) is 27.5. The molecule has 0 unspecified atom stereocenters. The van der Waals surface area contributed by atoms with E-state index in [2.05, 4.69) is 5.32 Å². The van der Waals surface area contributed by atoms with Crippen molar-refractivity contribution in [2.75, 3.05) is 24.2 Å². The zero-order valence-electron chi connectivity index (χ0n) is 20.3. The SMILES string of the molecule is COc1cccc(CN(C(=O)CN(c2cccc(Cl)c2C)S(C)(=O)=O)[C@H](C)C(=O)NC(C)C)c1. The van der Waals surface area contributed by atoms with Crippen LogP contribution in [0.1, 0.15) is 31.9 Å². The molecule has 2 amide bonds. The number of nitrogens with one attached hydrogen (secondary N) is 1. The van der Waals surface area contributed by atoms with Gasteiger partial charge in [-0.1, -0.05) is 29.8 Å². The molecule has 0 radical (unpaired) electrons. The van der Waals surface area contributed by atoms with Crippen LogP contribution in [0.25, 0.3) is 0 Å². The van der Waals surface area contributed by atoms with E-state index in [4.69, 9.17) is 16.3 Å². The van der Waals surface area contributed by atoms with Gasteiger partial charge in [0, 0.05) is 17.6 Å². The van der Waals surface area contributed by atoms with Gasteiger partial charge in [-0.2, -0.15) is 0 Å². The Morgan fingerprint density at radius 3 is 2.35 bits per heavy atom. The van der Waals surface area contributed by atoms with Gasteiger partial charge in [0.15, 0.2) is 0 Å². The van der Waals surface area contributed by atoms with E-state index in [0.717, 1.165) is 16.1 Å². The fourth-order valence-electron chi connectivity index (χ4n) is 3.42. The lowest BCUT2D eigenvalue weighted by atomic mass is 10.1. The Hall–Kier alpha value is -2.78. The van der Waals surface area contributed by atoms with E-state index < -0.39 is 28.5 Å². The van der Waals surface area contributed by atoms with Crippen LogP contribution >= 0.6 is 11.6 Å². The fourth-order valence-corrected chi connectivity index (χ4v) is 4.49. The highest BCUT2D eigenvalue weighted by Gasteiger charge is 2.31. The summed E-state index contributed by atoms with van der Waals surface area (Å²) in [6, 6.07) is 11.0. The van der Waals surface area contributed by atoms with Crippen molar-refractivity contribution in [2.24, 2.45) is 0 Å². The molecule has 2 aromatic rings. The maximum Gasteiger partial charge on any atom is 0.244 e. The van der Waals surface area contributed by atoms with Crippen molar-refractivity contribution >= 4 is 39.1 Å². The van der Waals surface area contributed by atoms with Gasteiger partial charge in [-0.3, -0.25) is 13.9 Å². The van der Waals surface area contributed by atoms with Crippen LogP contribution in [0.2, 0.25) is 5.02 Å². The average Bonchev–Trinajstić information content (AvgIpc) is 2.76. The third kappa shape index (κ3) is 7.11. The molecule has 1 atom stereocenters. The van der Waals surface area contributed by atoms with Gasteiger partial charge < -0.3 is 15.0 Å². The van der Waals surface area contributed by atoms with Crippen LogP contribution in [0.3, 0.4) is 0 Å². The summed E-state index contributed by atoms with van der Waals surface area (Å²) in [5, 5.41) is 3.20. The quantitative estimate of drug-likeness (QED) is 0.529. The van der Waals surface area contributed by atoms with Crippen LogP contribution in [0.15, 0.2) is 42.5 Å². The maximum atomic E-state index is 13.5. The highest BCUT2D eigenvalue weighted by Crippen LogP contribution is 2.28. The maximum absolute atomic E-state index is 13.5. The summed E-state index contributed by atoms with van der Waals surface area (Å²) < 4.78 is 31.6. The van der Waals surface area contributed by atoms with Gasteiger partial charge in [-0.05, 0) is 63.1 Å². The highest BCUT2D eigenvalue weighted by molar-refractivity contribution is 7.92. The Morgan fingerprint density at radius 1 is 1.12 bits per heavy atom. The van der Waals surface area contributed by atoms with E-state index in [0.29, 0.717) is 22.0 Å². The molecule has 186 valence electrons. The van der Waals surface area contributed by atoms with Crippen LogP contribution in [-0.2, 0) is 26.2 Å². The van der Waals surface area contributed by atoms with E-state index in [1.807, 2.05) is 19.9 Å². The number of anilines is 1. The molecule has 0 saturated carbocycles. The molecule has 0 aliphatic rings. The molecule has 8 nitrogen and oxygen atoms in total. The smallest absolute Gasteiger partial charge is 0.244 e. The standard InChI is InChI=1S/C24H32ClN3O5S/c1-16(2)26-24(30)18(4)27(14-19-9-7-10-20(13-19)33-5)23(29)15-28(34(6,31)32)22-12-8-11-21(25)17(22)3/h7-13,16,18H,14-15H2,1-6H3,(H,26,30)/t18-/m1/s1. The van der Waals surface area contributed by atoms with Crippen molar-refractivity contribution in [1.82, 2.24) is 10.2 Å². The van der Waals surface area contributed by atoms with E-state index >= 15 is 0 Å². The summed E-state index contributed by atoms with van der Waals surface area (Å²) in [5.41, 5.74) is 1.58. The lowest BCUT2D eigenvalue weighted by Gasteiger charge is -2.32. The van der Waals surface area contributed by atoms with Crippen LogP contribution in [-0.4, -0.2) is 57.1 Å². The molecular formula is C24H32ClN3O5S. The Labute approximate surface area is 206 Å². The Bertz CT molecular complexity index is 1140. The lowest BCUT2D eigenvalue weighted by Crippen LogP contribution is -2.52. The van der Waals surface area contributed by atoms with Gasteiger partial charge >= 0.3 is 0 Å². The minimum absolute atomic E-state index is 0.0921. The normalized spacial score (nSPS) is 12.2. The molecular weight excluding hydrogens is 478 g/mol. The zero-order valence-corrected chi connectivity index (χ0v) is 21.9. The number of carbonyl (C=O) groups excluding carboxylic acids is 2. The molecule has 10 heteroatoms. The van der Waals surface area contributed by atoms with Crippen molar-refractivity contribution in [2.45, 2.75) is 46.3 Å². The number of hydrogen-bond donors (Lipinski definition) is 1. The number of benzene rings is 2. The van der Waals surface area contributed by atoms with E-state index in [1.165, 1.54) is 12.0 Å². The molecule has 0 aliphatic carbocycles. The summed E-state index contributed by atoms with van der Waals surface area (Å²) in [4.78, 5) is 27.7. The van der Waals surface area contributed by atoms with Crippen LogP contribution in [0.5, 0.6) is 5.75 Å². The molecule has 0 aromatic heterocycles. The minimum Gasteiger partial charge on any atom is -0.497 e. The first-order valence-electron chi connectivity index (χ1n) is 10.8. The van der Waals surface area contributed by atoms with Crippen LogP contribution in [0.4, 0.5) is 5.69 Å². The third-order valence-electron chi connectivity index (χ3n) is 5.27. The summed E-state index contributed by atoms with van der Waals surface area (Å²) in [5.74, 6) is -0.258. The molecule has 0 fully saturated rings. The molecule has 2 aromatic carbocycles. The zero-order chi connectivity index (χ0) is 25.6. The summed E-state index contributed by atoms with van der Waals surface area (Å²) in [6.45, 7) is 6.56. The van der Waals surface area contributed by atoms with Crippen LogP contribution in [0, 0.1) is 6.92 Å². The number of nitrogens with zero attached hydrogens (tertiary/aromatic N) is 2. The first-order chi connectivity index (χ1) is 15.8. The summed E-state index contributed by atoms with van der Waals surface area (Å²) >= 11 is 6.20. The second-order valence-electron chi connectivity index (χ2n) is 8.37. The van der Waals surface area contributed by atoms with E-state index in [1.54, 1.807) is 50.2 Å². The number of methoxy groups -OCH3 is 1. The van der Waals surface area contributed by atoms with Crippen molar-refractivity contribution in [3.63, 3.8) is 0 Å². The molecule has 0 aliphatic heterocycles. The van der Waals surface area contributed by atoms with E-state index in [-0.39, 0.29) is 18.5 Å². The van der Waals surface area contributed by atoms with Gasteiger partial charge in [0.2, 0.25) is 21.8 Å². The molecule has 34 heavy (non-hydrogen) atoms. The summed E-state index contributed by atoms with van der Waals surface area (Å²) in [7, 11) is -2.29. The number of sulfonamides is 1. The van der Waals surface area contributed by atoms with Gasteiger partial charge in [-0.15, -0.1) is 0 Å². The lowest BCUT2D eigenvalue weighted by molar-refractivity contribution is -0.139. The Morgan fingerprint density at radius 2 is 1.76 bits per heavy atom. The number of amides is 2. The number of rotatable bonds is 10. The third-order valence-corrected chi connectivity index (χ3v) is 6.81. The van der Waals surface area contributed by atoms with E-state index in [9.17, 15) is 18.0 Å². The number of carbonyl (C=O) groups is 2. The first-order valence-corrected chi connectivity index (χ1v) is 13.0. The molecule has 1 N–H and O–H groups in total. The highest BCUT2D eigenvalue weighted by atomic mass is 35.5. The van der Waals surface area contributed by atoms with Crippen LogP contribution < -0.4 is 14.4 Å². The van der Waals surface area contributed by atoms with Gasteiger partial charge in [0.05, 0.1) is 19.1 Å². The topological polar surface area (TPSA) is 96.0 Å². The molecule has 0 saturated heterocycles. The van der Waals surface area contributed by atoms with Crippen molar-refractivity contribution in [3.8, 4) is 5.75 Å². The van der Waals surface area contributed by atoms with Crippen molar-refractivity contribution < 1.29 is 22.7 Å². The molecule has 0 heterocycles.